The number of H-pyrrole nitrogens is 1. The molecule has 0 atom stereocenters. The van der Waals surface area contributed by atoms with Crippen molar-refractivity contribution in [1.29, 1.82) is 0 Å². The third-order valence-corrected chi connectivity index (χ3v) is 1.78. The lowest BCUT2D eigenvalue weighted by atomic mass is 10.3. The summed E-state index contributed by atoms with van der Waals surface area (Å²) >= 11 is 2.95. The van der Waals surface area contributed by atoms with Gasteiger partial charge in [-0.2, -0.15) is 0 Å². The lowest BCUT2D eigenvalue weighted by molar-refractivity contribution is 0.0694. The van der Waals surface area contributed by atoms with Gasteiger partial charge in [-0.25, -0.2) is 4.79 Å². The van der Waals surface area contributed by atoms with E-state index in [1.165, 1.54) is 12.3 Å². The molecule has 0 aliphatic rings. The smallest absolute Gasteiger partial charge is 0.342 e. The highest BCUT2D eigenvalue weighted by atomic mass is 79.9. The van der Waals surface area contributed by atoms with Gasteiger partial charge in [-0.3, -0.25) is 4.79 Å². The number of aromatic nitrogens is 1. The molecule has 4 nitrogen and oxygen atoms in total. The van der Waals surface area contributed by atoms with E-state index in [-0.39, 0.29) is 10.0 Å². The van der Waals surface area contributed by atoms with Crippen molar-refractivity contribution >= 4 is 21.9 Å². The summed E-state index contributed by atoms with van der Waals surface area (Å²) < 4.78 is 0.286. The van der Waals surface area contributed by atoms with E-state index in [9.17, 15) is 9.59 Å². The Morgan fingerprint density at radius 2 is 2.27 bits per heavy atom. The summed E-state index contributed by atoms with van der Waals surface area (Å²) in [6.45, 7) is 0. The highest BCUT2D eigenvalue weighted by Gasteiger charge is 2.11. The van der Waals surface area contributed by atoms with Gasteiger partial charge in [0.1, 0.15) is 5.56 Å². The first-order chi connectivity index (χ1) is 5.13. The highest BCUT2D eigenvalue weighted by Crippen LogP contribution is 2.10. The summed E-state index contributed by atoms with van der Waals surface area (Å²) in [5, 5.41) is 8.50. The topological polar surface area (TPSA) is 70.2 Å². The second-order valence-corrected chi connectivity index (χ2v) is 2.69. The van der Waals surface area contributed by atoms with Crippen LogP contribution in [-0.2, 0) is 0 Å². The fourth-order valence-electron chi connectivity index (χ4n) is 0.654. The first-order valence-corrected chi connectivity index (χ1v) is 3.52. The number of hydrogen-bond donors (Lipinski definition) is 2. The summed E-state index contributed by atoms with van der Waals surface area (Å²) in [5.41, 5.74) is -0.876. The van der Waals surface area contributed by atoms with E-state index in [4.69, 9.17) is 5.11 Å². The van der Waals surface area contributed by atoms with E-state index in [0.717, 1.165) is 0 Å². The normalized spacial score (nSPS) is 9.55. The zero-order chi connectivity index (χ0) is 8.43. The minimum Gasteiger partial charge on any atom is -0.477 e. The first-order valence-electron chi connectivity index (χ1n) is 2.73. The van der Waals surface area contributed by atoms with Gasteiger partial charge in [0, 0.05) is 10.7 Å². The standard InChI is InChI=1S/C6H4BrNO3/c7-3-1-2-8-5(9)4(3)6(10)11/h1-2H,(H,8,9)(H,10,11). The number of carboxylic acids is 1. The average molecular weight is 218 g/mol. The quantitative estimate of drug-likeness (QED) is 0.733. The molecule has 0 fully saturated rings. The second kappa shape index (κ2) is 2.87. The molecule has 58 valence electrons. The summed E-state index contributed by atoms with van der Waals surface area (Å²) in [7, 11) is 0. The van der Waals surface area contributed by atoms with Crippen molar-refractivity contribution in [2.45, 2.75) is 0 Å². The molecule has 2 N–H and O–H groups in total. The fourth-order valence-corrected chi connectivity index (χ4v) is 1.14. The molecule has 0 unspecified atom stereocenters. The van der Waals surface area contributed by atoms with Crippen LogP contribution in [0.4, 0.5) is 0 Å². The molecule has 0 saturated heterocycles. The number of rotatable bonds is 1. The average Bonchev–Trinajstić information content (AvgIpc) is 1.85. The number of aromatic amines is 1. The van der Waals surface area contributed by atoms with Gasteiger partial charge in [-0.05, 0) is 22.0 Å². The van der Waals surface area contributed by atoms with Gasteiger partial charge >= 0.3 is 5.97 Å². The Hall–Kier alpha value is -1.10. The third-order valence-electron chi connectivity index (χ3n) is 1.12. The molecule has 1 heterocycles. The van der Waals surface area contributed by atoms with Gasteiger partial charge < -0.3 is 10.1 Å². The van der Waals surface area contributed by atoms with E-state index in [0.29, 0.717) is 0 Å². The molecule has 0 aliphatic heterocycles. The van der Waals surface area contributed by atoms with Gasteiger partial charge in [0.05, 0.1) is 0 Å². The Labute approximate surface area is 70.0 Å². The Kier molecular flexibility index (Phi) is 2.09. The van der Waals surface area contributed by atoms with Gasteiger partial charge in [0.25, 0.3) is 5.56 Å². The van der Waals surface area contributed by atoms with Crippen LogP contribution in [0.5, 0.6) is 0 Å². The molecule has 11 heavy (non-hydrogen) atoms. The predicted octanol–water partition coefficient (Wildman–Crippen LogP) is 0.836. The van der Waals surface area contributed by atoms with Crippen LogP contribution in [0.3, 0.4) is 0 Å². The predicted molar refractivity (Wildman–Crippen MR) is 41.7 cm³/mol. The molecule has 5 heteroatoms. The third kappa shape index (κ3) is 1.48. The van der Waals surface area contributed by atoms with Crippen LogP contribution in [0.15, 0.2) is 21.5 Å². The van der Waals surface area contributed by atoms with Crippen LogP contribution in [-0.4, -0.2) is 16.1 Å². The number of aromatic carboxylic acids is 1. The maximum atomic E-state index is 10.8. The largest absolute Gasteiger partial charge is 0.477 e. The van der Waals surface area contributed by atoms with Crippen molar-refractivity contribution in [3.8, 4) is 0 Å². The summed E-state index contributed by atoms with van der Waals surface area (Å²) in [5.74, 6) is -1.24. The number of carboxylic acid groups (broad SMARTS) is 1. The van der Waals surface area contributed by atoms with Crippen LogP contribution in [0.1, 0.15) is 10.4 Å². The number of pyridine rings is 1. The minimum atomic E-state index is -1.24. The zero-order valence-corrected chi connectivity index (χ0v) is 6.88. The van der Waals surface area contributed by atoms with E-state index in [1.807, 2.05) is 0 Å². The first kappa shape index (κ1) is 8.00. The van der Waals surface area contributed by atoms with Crippen molar-refractivity contribution < 1.29 is 9.90 Å². The Morgan fingerprint density at radius 3 is 2.64 bits per heavy atom. The van der Waals surface area contributed by atoms with Crippen molar-refractivity contribution in [3.05, 3.63) is 32.7 Å². The van der Waals surface area contributed by atoms with Crippen LogP contribution in [0, 0.1) is 0 Å². The molecular weight excluding hydrogens is 214 g/mol. The van der Waals surface area contributed by atoms with E-state index in [2.05, 4.69) is 20.9 Å². The number of halogens is 1. The van der Waals surface area contributed by atoms with E-state index in [1.54, 1.807) is 0 Å². The lowest BCUT2D eigenvalue weighted by Crippen LogP contribution is -2.17. The van der Waals surface area contributed by atoms with Crippen LogP contribution in [0.25, 0.3) is 0 Å². The summed E-state index contributed by atoms with van der Waals surface area (Å²) in [6.07, 6.45) is 1.37. The lowest BCUT2D eigenvalue weighted by Gasteiger charge is -1.94. The molecule has 0 saturated carbocycles. The van der Waals surface area contributed by atoms with Crippen LogP contribution in [0.2, 0.25) is 0 Å². The van der Waals surface area contributed by atoms with Gasteiger partial charge in [0.15, 0.2) is 0 Å². The van der Waals surface area contributed by atoms with Crippen LogP contribution < -0.4 is 5.56 Å². The molecule has 0 radical (unpaired) electrons. The van der Waals surface area contributed by atoms with Crippen molar-refractivity contribution in [2.24, 2.45) is 0 Å². The Morgan fingerprint density at radius 1 is 1.64 bits per heavy atom. The molecule has 0 bridgehead atoms. The molecule has 1 aromatic heterocycles. The SMILES string of the molecule is O=C(O)c1c(Br)cc[nH]c1=O. The van der Waals surface area contributed by atoms with Gasteiger partial charge in [-0.1, -0.05) is 0 Å². The molecule has 0 spiro atoms. The van der Waals surface area contributed by atoms with Crippen LogP contribution >= 0.6 is 15.9 Å². The maximum absolute atomic E-state index is 10.8. The highest BCUT2D eigenvalue weighted by molar-refractivity contribution is 9.10. The second-order valence-electron chi connectivity index (χ2n) is 1.83. The van der Waals surface area contributed by atoms with E-state index >= 15 is 0 Å². The van der Waals surface area contributed by atoms with Gasteiger partial charge in [0.2, 0.25) is 0 Å². The van der Waals surface area contributed by atoms with Crippen molar-refractivity contribution in [2.75, 3.05) is 0 Å². The molecule has 0 aromatic carbocycles. The summed E-state index contributed by atoms with van der Waals surface area (Å²) in [4.78, 5) is 23.5. The Balaban J connectivity index is 3.45. The monoisotopic (exact) mass is 217 g/mol. The molecule has 0 amide bonds. The molecule has 1 rings (SSSR count). The summed E-state index contributed by atoms with van der Waals surface area (Å²) in [6, 6.07) is 1.46. The van der Waals surface area contributed by atoms with Crippen molar-refractivity contribution in [3.63, 3.8) is 0 Å². The number of hydrogen-bond acceptors (Lipinski definition) is 2. The maximum Gasteiger partial charge on any atom is 0.342 e. The molecule has 0 aliphatic carbocycles. The molecular formula is C6H4BrNO3. The van der Waals surface area contributed by atoms with Gasteiger partial charge in [-0.15, -0.1) is 0 Å². The number of nitrogens with one attached hydrogen (secondary N) is 1. The minimum absolute atomic E-state index is 0.271. The van der Waals surface area contributed by atoms with E-state index < -0.39 is 11.5 Å². The van der Waals surface area contributed by atoms with Crippen molar-refractivity contribution in [1.82, 2.24) is 4.98 Å². The number of carbonyl (C=O) groups is 1. The zero-order valence-electron chi connectivity index (χ0n) is 5.30. The molecule has 1 aromatic rings. The fraction of sp³-hybridized carbons (Fsp3) is 0. The Bertz CT molecular complexity index is 344.